The quantitative estimate of drug-likeness (QED) is 0.713. The number of carbonyl (C=O) groups excluding carboxylic acids is 1. The highest BCUT2D eigenvalue weighted by Crippen LogP contribution is 2.32. The summed E-state index contributed by atoms with van der Waals surface area (Å²) in [7, 11) is 0. The van der Waals surface area contributed by atoms with E-state index in [1.54, 1.807) is 6.92 Å². The summed E-state index contributed by atoms with van der Waals surface area (Å²) in [5.74, 6) is -0.285. The minimum Gasteiger partial charge on any atom is -0.363 e. The van der Waals surface area contributed by atoms with Crippen LogP contribution in [-0.4, -0.2) is 17.3 Å². The van der Waals surface area contributed by atoms with Crippen LogP contribution in [0.5, 0.6) is 0 Å². The highest BCUT2D eigenvalue weighted by atomic mass is 19.1. The normalized spacial score (nSPS) is 19.3. The van der Waals surface area contributed by atoms with E-state index in [1.165, 1.54) is 6.07 Å². The van der Waals surface area contributed by atoms with Crippen molar-refractivity contribution in [3.8, 4) is 0 Å². The molecular weight excluding hydrogens is 195 g/mol. The second-order valence-corrected chi connectivity index (χ2v) is 3.69. The molecule has 1 atom stereocenters. The van der Waals surface area contributed by atoms with E-state index in [9.17, 15) is 9.18 Å². The zero-order valence-electron chi connectivity index (χ0n) is 8.38. The molecule has 15 heavy (non-hydrogen) atoms. The van der Waals surface area contributed by atoms with Crippen LogP contribution in [0.2, 0.25) is 0 Å². The number of allylic oxidation sites excluding steroid dienone is 1. The maximum atomic E-state index is 13.0. The monoisotopic (exact) mass is 206 g/mol. The van der Waals surface area contributed by atoms with Gasteiger partial charge in [-0.1, -0.05) is 12.2 Å². The number of fused-ring (bicyclic) bond motifs is 1. The number of hydrogen-bond acceptors (Lipinski definition) is 3. The summed E-state index contributed by atoms with van der Waals surface area (Å²) in [5, 5.41) is 2.86. The molecule has 1 aromatic heterocycles. The van der Waals surface area contributed by atoms with Crippen LogP contribution < -0.4 is 5.32 Å². The largest absolute Gasteiger partial charge is 0.363 e. The van der Waals surface area contributed by atoms with Crippen LogP contribution in [0.3, 0.4) is 0 Å². The van der Waals surface area contributed by atoms with Gasteiger partial charge in [0.1, 0.15) is 11.6 Å². The lowest BCUT2D eigenvalue weighted by atomic mass is 9.87. The van der Waals surface area contributed by atoms with Crippen molar-refractivity contribution in [3.05, 3.63) is 35.8 Å². The van der Waals surface area contributed by atoms with Crippen molar-refractivity contribution in [2.75, 3.05) is 11.9 Å². The zero-order valence-corrected chi connectivity index (χ0v) is 8.38. The number of ketones is 1. The van der Waals surface area contributed by atoms with E-state index in [1.807, 2.05) is 0 Å². The minimum absolute atomic E-state index is 0.00222. The molecule has 2 heterocycles. The van der Waals surface area contributed by atoms with Gasteiger partial charge < -0.3 is 5.32 Å². The molecule has 0 radical (unpaired) electrons. The lowest BCUT2D eigenvalue weighted by Gasteiger charge is -2.24. The van der Waals surface area contributed by atoms with Gasteiger partial charge in [0.25, 0.3) is 0 Å². The number of Topliss-reactive ketones (excluding diaryl/α,β-unsaturated/α-hetero) is 1. The first-order valence-electron chi connectivity index (χ1n) is 4.67. The van der Waals surface area contributed by atoms with Crippen LogP contribution in [0.25, 0.3) is 0 Å². The van der Waals surface area contributed by atoms with Gasteiger partial charge in [-0.15, -0.1) is 0 Å². The van der Waals surface area contributed by atoms with Crippen LogP contribution in [0.1, 0.15) is 18.4 Å². The molecule has 4 heteroatoms. The van der Waals surface area contributed by atoms with Gasteiger partial charge in [0.15, 0.2) is 5.78 Å². The first-order valence-corrected chi connectivity index (χ1v) is 4.67. The Bertz CT molecular complexity index is 442. The Labute approximate surface area is 87.0 Å². The second-order valence-electron chi connectivity index (χ2n) is 3.69. The van der Waals surface area contributed by atoms with Crippen molar-refractivity contribution in [2.24, 2.45) is 0 Å². The fraction of sp³-hybridized carbons (Fsp3) is 0.273. The van der Waals surface area contributed by atoms with E-state index in [4.69, 9.17) is 0 Å². The lowest BCUT2D eigenvalue weighted by molar-refractivity contribution is -0.118. The maximum Gasteiger partial charge on any atom is 0.163 e. The Morgan fingerprint density at radius 3 is 3.13 bits per heavy atom. The Balaban J connectivity index is 2.55. The third-order valence-electron chi connectivity index (χ3n) is 2.44. The molecule has 0 bridgehead atoms. The summed E-state index contributed by atoms with van der Waals surface area (Å²) in [6.45, 7) is 5.75. The van der Waals surface area contributed by atoms with Crippen LogP contribution in [0.15, 0.2) is 24.4 Å². The summed E-state index contributed by atoms with van der Waals surface area (Å²) in [6.07, 6.45) is 1.14. The number of anilines is 1. The predicted molar refractivity (Wildman–Crippen MR) is 55.2 cm³/mol. The predicted octanol–water partition coefficient (Wildman–Crippen LogP) is 1.87. The van der Waals surface area contributed by atoms with Gasteiger partial charge in [0.2, 0.25) is 0 Å². The second kappa shape index (κ2) is 3.46. The molecule has 78 valence electrons. The van der Waals surface area contributed by atoms with Crippen LogP contribution >= 0.6 is 0 Å². The summed E-state index contributed by atoms with van der Waals surface area (Å²) in [5.41, 5.74) is 1.30. The van der Waals surface area contributed by atoms with E-state index in [0.717, 1.165) is 11.8 Å². The van der Waals surface area contributed by atoms with Crippen molar-refractivity contribution < 1.29 is 9.18 Å². The number of carbonyl (C=O) groups is 1. The Hall–Kier alpha value is -1.71. The number of hydrogen-bond donors (Lipinski definition) is 1. The number of nitrogens with one attached hydrogen (secondary N) is 1. The summed E-state index contributed by atoms with van der Waals surface area (Å²) in [6, 6.07) is 1.34. The third-order valence-corrected chi connectivity index (χ3v) is 2.44. The molecule has 0 saturated heterocycles. The molecule has 0 aliphatic carbocycles. The van der Waals surface area contributed by atoms with Crippen molar-refractivity contribution in [3.63, 3.8) is 0 Å². The molecule has 0 amide bonds. The van der Waals surface area contributed by atoms with E-state index < -0.39 is 11.7 Å². The Morgan fingerprint density at radius 2 is 2.47 bits per heavy atom. The maximum absolute atomic E-state index is 13.0. The highest BCUT2D eigenvalue weighted by molar-refractivity contribution is 5.95. The topological polar surface area (TPSA) is 42.0 Å². The molecule has 2 rings (SSSR count). The van der Waals surface area contributed by atoms with Gasteiger partial charge in [-0.25, -0.2) is 9.37 Å². The molecule has 0 aromatic carbocycles. The summed E-state index contributed by atoms with van der Waals surface area (Å²) in [4.78, 5) is 15.5. The molecule has 1 aliphatic heterocycles. The smallest absolute Gasteiger partial charge is 0.163 e. The zero-order chi connectivity index (χ0) is 11.0. The van der Waals surface area contributed by atoms with Crippen LogP contribution in [0, 0.1) is 5.82 Å². The molecule has 1 unspecified atom stereocenters. The van der Waals surface area contributed by atoms with E-state index in [-0.39, 0.29) is 12.3 Å². The van der Waals surface area contributed by atoms with Gasteiger partial charge in [-0.05, 0) is 13.0 Å². The molecule has 1 aliphatic rings. The average Bonchev–Trinajstić information content (AvgIpc) is 2.16. The molecule has 0 fully saturated rings. The number of halogens is 1. The third kappa shape index (κ3) is 1.63. The molecule has 3 nitrogen and oxygen atoms in total. The molecule has 0 saturated carbocycles. The Morgan fingerprint density at radius 1 is 1.73 bits per heavy atom. The van der Waals surface area contributed by atoms with Crippen LogP contribution in [0.4, 0.5) is 10.2 Å². The summed E-state index contributed by atoms with van der Waals surface area (Å²) < 4.78 is 13.0. The Kier molecular flexibility index (Phi) is 2.26. The number of pyridine rings is 1. The SMILES string of the molecule is C=C(C)C1C(=O)CNc2ncc(F)cc21. The van der Waals surface area contributed by atoms with Crippen molar-refractivity contribution >= 4 is 11.6 Å². The standard InChI is InChI=1S/C11H11FN2O/c1-6(2)10-8-3-7(12)4-13-11(8)14-5-9(10)15/h3-4,10H,1,5H2,2H3,(H,13,14). The van der Waals surface area contributed by atoms with Crippen molar-refractivity contribution in [1.29, 1.82) is 0 Å². The minimum atomic E-state index is -0.434. The number of rotatable bonds is 1. The van der Waals surface area contributed by atoms with Crippen molar-refractivity contribution in [2.45, 2.75) is 12.8 Å². The van der Waals surface area contributed by atoms with Gasteiger partial charge >= 0.3 is 0 Å². The van der Waals surface area contributed by atoms with Gasteiger partial charge in [-0.3, -0.25) is 4.79 Å². The first-order chi connectivity index (χ1) is 7.09. The van der Waals surface area contributed by atoms with Gasteiger partial charge in [-0.2, -0.15) is 0 Å². The number of aromatic nitrogens is 1. The van der Waals surface area contributed by atoms with E-state index in [0.29, 0.717) is 11.4 Å². The van der Waals surface area contributed by atoms with E-state index >= 15 is 0 Å². The molecule has 1 aromatic rings. The number of nitrogens with zero attached hydrogens (tertiary/aromatic N) is 1. The van der Waals surface area contributed by atoms with Gasteiger partial charge in [0.05, 0.1) is 18.7 Å². The van der Waals surface area contributed by atoms with Crippen LogP contribution in [-0.2, 0) is 4.79 Å². The fourth-order valence-corrected chi connectivity index (χ4v) is 1.81. The van der Waals surface area contributed by atoms with E-state index in [2.05, 4.69) is 16.9 Å². The summed E-state index contributed by atoms with van der Waals surface area (Å²) >= 11 is 0. The molecular formula is C11H11FN2O. The first kappa shape index (κ1) is 9.83. The molecule has 0 spiro atoms. The molecule has 1 N–H and O–H groups in total. The van der Waals surface area contributed by atoms with Crippen molar-refractivity contribution in [1.82, 2.24) is 4.98 Å². The lowest BCUT2D eigenvalue weighted by Crippen LogP contribution is -2.29. The van der Waals surface area contributed by atoms with Gasteiger partial charge in [0, 0.05) is 5.56 Å². The average molecular weight is 206 g/mol. The highest BCUT2D eigenvalue weighted by Gasteiger charge is 2.29. The fourth-order valence-electron chi connectivity index (χ4n) is 1.81.